The van der Waals surface area contributed by atoms with Crippen molar-refractivity contribution in [2.24, 2.45) is 5.41 Å². The first kappa shape index (κ1) is 11.8. The van der Waals surface area contributed by atoms with E-state index < -0.39 is 11.4 Å². The molecular formula is C5H12BaO2. The molecule has 0 aliphatic heterocycles. The molecule has 0 aliphatic carbocycles. The van der Waals surface area contributed by atoms with Crippen LogP contribution in [0.25, 0.3) is 0 Å². The first-order valence-corrected chi connectivity index (χ1v) is 2.18. The zero-order chi connectivity index (χ0) is 6.08. The number of rotatable bonds is 0. The van der Waals surface area contributed by atoms with Gasteiger partial charge in [0, 0.05) is 0 Å². The Balaban J connectivity index is -0.0000000600. The van der Waals surface area contributed by atoms with Crippen molar-refractivity contribution in [1.29, 1.82) is 0 Å². The van der Waals surface area contributed by atoms with Gasteiger partial charge in [-0.25, -0.2) is 0 Å². The van der Waals surface area contributed by atoms with Crippen molar-refractivity contribution in [3.05, 3.63) is 0 Å². The topological polar surface area (TPSA) is 37.3 Å². The third-order valence-electron chi connectivity index (χ3n) is 0.642. The normalized spacial score (nSPS) is 9.88. The molecule has 8 heavy (non-hydrogen) atoms. The number of carbonyl (C=O) groups is 1. The number of aliphatic carboxylic acids is 1. The van der Waals surface area contributed by atoms with E-state index in [2.05, 4.69) is 0 Å². The molecule has 0 saturated heterocycles. The van der Waals surface area contributed by atoms with Crippen LogP contribution in [-0.4, -0.2) is 60.0 Å². The van der Waals surface area contributed by atoms with E-state index in [1.165, 1.54) is 0 Å². The molecule has 0 aliphatic rings. The number of hydrogen-bond donors (Lipinski definition) is 1. The molecule has 46 valence electrons. The van der Waals surface area contributed by atoms with Gasteiger partial charge in [0.1, 0.15) is 0 Å². The van der Waals surface area contributed by atoms with Gasteiger partial charge in [0.2, 0.25) is 0 Å². The van der Waals surface area contributed by atoms with Crippen LogP contribution in [0.3, 0.4) is 0 Å². The molecule has 2 nitrogen and oxygen atoms in total. The summed E-state index contributed by atoms with van der Waals surface area (Å²) >= 11 is 0. The minimum absolute atomic E-state index is 0. The SMILES string of the molecule is CC(C)(C)C(=O)O.[Ba+2].[H-].[H-]. The summed E-state index contributed by atoms with van der Waals surface area (Å²) in [6.07, 6.45) is 0. The number of carboxylic acids is 1. The van der Waals surface area contributed by atoms with Crippen molar-refractivity contribution in [1.82, 2.24) is 0 Å². The van der Waals surface area contributed by atoms with E-state index in [1.807, 2.05) is 0 Å². The van der Waals surface area contributed by atoms with Crippen molar-refractivity contribution in [2.45, 2.75) is 20.8 Å². The van der Waals surface area contributed by atoms with Crippen molar-refractivity contribution in [3.8, 4) is 0 Å². The van der Waals surface area contributed by atoms with Gasteiger partial charge in [-0.2, -0.15) is 0 Å². The van der Waals surface area contributed by atoms with Crippen molar-refractivity contribution in [3.63, 3.8) is 0 Å². The fourth-order valence-electron chi connectivity index (χ4n) is 0. The van der Waals surface area contributed by atoms with E-state index in [-0.39, 0.29) is 51.7 Å². The number of hydrogen-bond acceptors (Lipinski definition) is 1. The Kier molecular flexibility index (Phi) is 5.83. The van der Waals surface area contributed by atoms with Crippen molar-refractivity contribution >= 4 is 54.9 Å². The summed E-state index contributed by atoms with van der Waals surface area (Å²) in [4.78, 5) is 10.0. The Morgan fingerprint density at radius 3 is 1.62 bits per heavy atom. The minimum Gasteiger partial charge on any atom is -1.00 e. The van der Waals surface area contributed by atoms with Gasteiger partial charge in [-0.15, -0.1) is 0 Å². The quantitative estimate of drug-likeness (QED) is 0.642. The fourth-order valence-corrected chi connectivity index (χ4v) is 0. The molecule has 0 heterocycles. The molecule has 0 aromatic rings. The van der Waals surface area contributed by atoms with Gasteiger partial charge >= 0.3 is 54.9 Å². The molecule has 0 unspecified atom stereocenters. The standard InChI is InChI=1S/C5H10O2.Ba.2H/c1-5(2,3)4(6)7;;;/h1-3H3,(H,6,7);;;/q;+2;2*-1. The van der Waals surface area contributed by atoms with Crippen LogP contribution in [0.2, 0.25) is 0 Å². The first-order chi connectivity index (χ1) is 2.94. The van der Waals surface area contributed by atoms with Crippen molar-refractivity contribution < 1.29 is 12.8 Å². The predicted molar refractivity (Wildman–Crippen MR) is 35.1 cm³/mol. The van der Waals surface area contributed by atoms with E-state index in [9.17, 15) is 4.79 Å². The first-order valence-electron chi connectivity index (χ1n) is 2.18. The van der Waals surface area contributed by atoms with E-state index >= 15 is 0 Å². The molecule has 0 aromatic heterocycles. The largest absolute Gasteiger partial charge is 2.00 e. The molecule has 1 N–H and O–H groups in total. The van der Waals surface area contributed by atoms with Gasteiger partial charge in [0.25, 0.3) is 0 Å². The van der Waals surface area contributed by atoms with Crippen LogP contribution in [0.5, 0.6) is 0 Å². The second-order valence-electron chi connectivity index (χ2n) is 2.56. The predicted octanol–water partition coefficient (Wildman–Crippen LogP) is 0.961. The van der Waals surface area contributed by atoms with Gasteiger partial charge < -0.3 is 7.96 Å². The minimum atomic E-state index is -0.757. The number of carboxylic acid groups (broad SMARTS) is 1. The second kappa shape index (κ2) is 3.95. The maximum absolute atomic E-state index is 10.0. The molecule has 0 bridgehead atoms. The Labute approximate surface area is 92.7 Å². The molecule has 0 atom stereocenters. The fraction of sp³-hybridized carbons (Fsp3) is 0.800. The van der Waals surface area contributed by atoms with Crippen molar-refractivity contribution in [2.75, 3.05) is 0 Å². The molecule has 0 radical (unpaired) electrons. The summed E-state index contributed by atoms with van der Waals surface area (Å²) < 4.78 is 0. The Bertz CT molecular complexity index is 90.1. The van der Waals surface area contributed by atoms with Gasteiger partial charge in [-0.05, 0) is 20.8 Å². The maximum atomic E-state index is 10.0. The monoisotopic (exact) mass is 242 g/mol. The Hall–Kier alpha value is 1.04. The molecule has 0 amide bonds. The zero-order valence-corrected chi connectivity index (χ0v) is 10.0. The van der Waals surface area contributed by atoms with Crippen LogP contribution in [0.15, 0.2) is 0 Å². The van der Waals surface area contributed by atoms with E-state index in [1.54, 1.807) is 20.8 Å². The zero-order valence-electron chi connectivity index (χ0n) is 7.56. The van der Waals surface area contributed by atoms with E-state index in [0.29, 0.717) is 0 Å². The molecular weight excluding hydrogens is 229 g/mol. The summed E-state index contributed by atoms with van der Waals surface area (Å²) in [5.74, 6) is -0.757. The van der Waals surface area contributed by atoms with Crippen LogP contribution in [-0.2, 0) is 4.79 Å². The maximum Gasteiger partial charge on any atom is 2.00 e. The van der Waals surface area contributed by atoms with E-state index in [4.69, 9.17) is 5.11 Å². The Morgan fingerprint density at radius 2 is 1.62 bits per heavy atom. The molecule has 0 aromatic carbocycles. The summed E-state index contributed by atoms with van der Waals surface area (Å²) in [6, 6.07) is 0. The molecule has 0 spiro atoms. The smallest absolute Gasteiger partial charge is 1.00 e. The van der Waals surface area contributed by atoms with Crippen LogP contribution in [0.4, 0.5) is 0 Å². The summed E-state index contributed by atoms with van der Waals surface area (Å²) in [5, 5.41) is 8.25. The van der Waals surface area contributed by atoms with Gasteiger partial charge in [0.15, 0.2) is 0 Å². The third kappa shape index (κ3) is 5.18. The second-order valence-corrected chi connectivity index (χ2v) is 2.56. The van der Waals surface area contributed by atoms with Crippen LogP contribution < -0.4 is 0 Å². The Morgan fingerprint density at radius 1 is 1.50 bits per heavy atom. The average molecular weight is 241 g/mol. The average Bonchev–Trinajstić information content (AvgIpc) is 1.31. The molecule has 0 fully saturated rings. The molecule has 0 rings (SSSR count). The molecule has 0 saturated carbocycles. The summed E-state index contributed by atoms with van der Waals surface area (Å²) in [7, 11) is 0. The van der Waals surface area contributed by atoms with Gasteiger partial charge in [0.05, 0.1) is 5.41 Å². The molecule has 3 heteroatoms. The van der Waals surface area contributed by atoms with Crippen LogP contribution in [0.1, 0.15) is 23.6 Å². The summed E-state index contributed by atoms with van der Waals surface area (Å²) in [5.41, 5.74) is -0.583. The van der Waals surface area contributed by atoms with Crippen LogP contribution in [0, 0.1) is 5.41 Å². The van der Waals surface area contributed by atoms with E-state index in [0.717, 1.165) is 0 Å². The van der Waals surface area contributed by atoms with Gasteiger partial charge in [-0.1, -0.05) is 0 Å². The van der Waals surface area contributed by atoms with Gasteiger partial charge in [-0.3, -0.25) is 4.79 Å². The summed E-state index contributed by atoms with van der Waals surface area (Å²) in [6.45, 7) is 4.99. The van der Waals surface area contributed by atoms with Crippen LogP contribution >= 0.6 is 0 Å². The third-order valence-corrected chi connectivity index (χ3v) is 0.642.